The number of carbonyl (C=O) groups excluding carboxylic acids is 1. The summed E-state index contributed by atoms with van der Waals surface area (Å²) in [6.45, 7) is 1.34. The molecular weight excluding hydrogens is 270 g/mol. The Labute approximate surface area is 117 Å². The Hall–Kier alpha value is 0.0900. The van der Waals surface area contributed by atoms with Crippen molar-refractivity contribution in [1.29, 1.82) is 0 Å². The lowest BCUT2D eigenvalue weighted by molar-refractivity contribution is -0.123. The van der Waals surface area contributed by atoms with E-state index in [4.69, 9.17) is 5.11 Å². The van der Waals surface area contributed by atoms with E-state index in [9.17, 15) is 9.90 Å². The fourth-order valence-electron chi connectivity index (χ4n) is 1.82. The lowest BCUT2D eigenvalue weighted by Gasteiger charge is -2.18. The standard InChI is InChI=1S/C12H23NO3S2/c1-9(15)11(8-14)13-12(16)5-3-2-4-10-6-7-17-18-10/h9-11,14-15H,2-8H2,1H3,(H,13,16). The van der Waals surface area contributed by atoms with Crippen molar-refractivity contribution in [1.82, 2.24) is 5.32 Å². The summed E-state index contributed by atoms with van der Waals surface area (Å²) in [6.07, 6.45) is 4.19. The maximum Gasteiger partial charge on any atom is 0.220 e. The number of hydrogen-bond acceptors (Lipinski definition) is 5. The summed E-state index contributed by atoms with van der Waals surface area (Å²) >= 11 is 0. The molecule has 0 saturated carbocycles. The topological polar surface area (TPSA) is 69.6 Å². The van der Waals surface area contributed by atoms with Crippen molar-refractivity contribution in [3.05, 3.63) is 0 Å². The van der Waals surface area contributed by atoms with Gasteiger partial charge in [-0.25, -0.2) is 0 Å². The van der Waals surface area contributed by atoms with E-state index >= 15 is 0 Å². The molecule has 0 radical (unpaired) electrons. The first-order valence-electron chi connectivity index (χ1n) is 6.50. The van der Waals surface area contributed by atoms with Crippen molar-refractivity contribution >= 4 is 27.5 Å². The predicted molar refractivity (Wildman–Crippen MR) is 77.6 cm³/mol. The zero-order chi connectivity index (χ0) is 13.4. The molecule has 0 aliphatic carbocycles. The third kappa shape index (κ3) is 6.31. The van der Waals surface area contributed by atoms with Crippen LogP contribution in [0.3, 0.4) is 0 Å². The van der Waals surface area contributed by atoms with Crippen LogP contribution >= 0.6 is 21.6 Å². The molecule has 1 amide bonds. The van der Waals surface area contributed by atoms with Gasteiger partial charge in [0.05, 0.1) is 18.8 Å². The van der Waals surface area contributed by atoms with E-state index < -0.39 is 12.1 Å². The van der Waals surface area contributed by atoms with Crippen molar-refractivity contribution in [2.45, 2.75) is 56.4 Å². The third-order valence-corrected chi connectivity index (χ3v) is 6.04. The first-order chi connectivity index (χ1) is 8.63. The second-order valence-electron chi connectivity index (χ2n) is 4.67. The van der Waals surface area contributed by atoms with Crippen LogP contribution in [0.1, 0.15) is 39.0 Å². The van der Waals surface area contributed by atoms with Crippen molar-refractivity contribution < 1.29 is 15.0 Å². The summed E-state index contributed by atoms with van der Waals surface area (Å²) in [5.41, 5.74) is 0. The Kier molecular flexibility index (Phi) is 8.13. The summed E-state index contributed by atoms with van der Waals surface area (Å²) in [4.78, 5) is 11.6. The molecule has 6 heteroatoms. The van der Waals surface area contributed by atoms with E-state index in [0.717, 1.165) is 18.1 Å². The highest BCUT2D eigenvalue weighted by Crippen LogP contribution is 2.39. The van der Waals surface area contributed by atoms with Crippen molar-refractivity contribution in [3.63, 3.8) is 0 Å². The molecule has 3 unspecified atom stereocenters. The summed E-state index contributed by atoms with van der Waals surface area (Å²) in [6, 6.07) is -0.542. The van der Waals surface area contributed by atoms with Gasteiger partial charge in [0.2, 0.25) is 5.91 Å². The minimum atomic E-state index is -0.717. The summed E-state index contributed by atoms with van der Waals surface area (Å²) in [5, 5.41) is 21.7. The van der Waals surface area contributed by atoms with Crippen LogP contribution in [0.25, 0.3) is 0 Å². The Morgan fingerprint density at radius 1 is 1.50 bits per heavy atom. The second kappa shape index (κ2) is 9.07. The lowest BCUT2D eigenvalue weighted by Crippen LogP contribution is -2.44. The molecule has 106 valence electrons. The van der Waals surface area contributed by atoms with Crippen molar-refractivity contribution in [2.75, 3.05) is 12.4 Å². The van der Waals surface area contributed by atoms with Crippen molar-refractivity contribution in [2.24, 2.45) is 0 Å². The van der Waals surface area contributed by atoms with Crippen LogP contribution in [0.2, 0.25) is 0 Å². The molecule has 0 aromatic rings. The average molecular weight is 293 g/mol. The van der Waals surface area contributed by atoms with E-state index in [1.54, 1.807) is 6.92 Å². The highest BCUT2D eigenvalue weighted by molar-refractivity contribution is 8.77. The quantitative estimate of drug-likeness (QED) is 0.468. The Morgan fingerprint density at radius 3 is 2.83 bits per heavy atom. The number of amides is 1. The van der Waals surface area contributed by atoms with Gasteiger partial charge < -0.3 is 15.5 Å². The number of rotatable bonds is 8. The average Bonchev–Trinajstić information content (AvgIpc) is 2.84. The van der Waals surface area contributed by atoms with Gasteiger partial charge >= 0.3 is 0 Å². The Balaban J connectivity index is 2.05. The maximum atomic E-state index is 11.6. The highest BCUT2D eigenvalue weighted by Gasteiger charge is 2.17. The number of carbonyl (C=O) groups is 1. The third-order valence-electron chi connectivity index (χ3n) is 3.03. The number of aliphatic hydroxyl groups is 2. The first-order valence-corrected chi connectivity index (χ1v) is 8.88. The lowest BCUT2D eigenvalue weighted by atomic mass is 10.1. The monoisotopic (exact) mass is 293 g/mol. The van der Waals surface area contributed by atoms with Gasteiger partial charge in [-0.1, -0.05) is 28.0 Å². The Bertz CT molecular complexity index is 245. The van der Waals surface area contributed by atoms with Gasteiger partial charge in [0.25, 0.3) is 0 Å². The van der Waals surface area contributed by atoms with Crippen LogP contribution < -0.4 is 5.32 Å². The molecule has 0 bridgehead atoms. The van der Waals surface area contributed by atoms with Crippen LogP contribution in [0.15, 0.2) is 0 Å². The van der Waals surface area contributed by atoms with E-state index in [1.807, 2.05) is 21.6 Å². The van der Waals surface area contributed by atoms with Crippen molar-refractivity contribution in [3.8, 4) is 0 Å². The van der Waals surface area contributed by atoms with Crippen LogP contribution in [-0.2, 0) is 4.79 Å². The second-order valence-corrected chi connectivity index (χ2v) is 7.46. The molecule has 1 aliphatic heterocycles. The summed E-state index contributed by atoms with van der Waals surface area (Å²) < 4.78 is 0. The SMILES string of the molecule is CC(O)C(CO)NC(=O)CCCCC1CCSS1. The number of nitrogens with one attached hydrogen (secondary N) is 1. The van der Waals surface area contributed by atoms with Gasteiger partial charge in [0.15, 0.2) is 0 Å². The molecule has 3 N–H and O–H groups in total. The number of hydrogen-bond donors (Lipinski definition) is 3. The zero-order valence-electron chi connectivity index (χ0n) is 10.8. The predicted octanol–water partition coefficient (Wildman–Crippen LogP) is 1.56. The number of aliphatic hydroxyl groups excluding tert-OH is 2. The molecule has 3 atom stereocenters. The molecule has 18 heavy (non-hydrogen) atoms. The minimum absolute atomic E-state index is 0.0802. The minimum Gasteiger partial charge on any atom is -0.394 e. The van der Waals surface area contributed by atoms with Crippen LogP contribution in [0, 0.1) is 0 Å². The molecule has 1 saturated heterocycles. The smallest absolute Gasteiger partial charge is 0.220 e. The van der Waals surface area contributed by atoms with Gasteiger partial charge in [-0.05, 0) is 26.2 Å². The highest BCUT2D eigenvalue weighted by atomic mass is 33.1. The molecule has 4 nitrogen and oxygen atoms in total. The molecular formula is C12H23NO3S2. The van der Waals surface area contributed by atoms with Crippen LogP contribution in [0.4, 0.5) is 0 Å². The van der Waals surface area contributed by atoms with E-state index in [1.165, 1.54) is 18.6 Å². The first kappa shape index (κ1) is 16.1. The van der Waals surface area contributed by atoms with Gasteiger partial charge in [-0.2, -0.15) is 0 Å². The fraction of sp³-hybridized carbons (Fsp3) is 0.917. The van der Waals surface area contributed by atoms with E-state index in [-0.39, 0.29) is 12.5 Å². The molecule has 1 aliphatic rings. The summed E-state index contributed by atoms with van der Waals surface area (Å²) in [5.74, 6) is 1.17. The molecule has 1 heterocycles. The normalized spacial score (nSPS) is 22.7. The molecule has 0 aromatic heterocycles. The summed E-state index contributed by atoms with van der Waals surface area (Å²) in [7, 11) is 3.91. The molecule has 1 fully saturated rings. The van der Waals surface area contributed by atoms with Gasteiger partial charge in [-0.15, -0.1) is 0 Å². The van der Waals surface area contributed by atoms with Gasteiger partial charge in [-0.3, -0.25) is 4.79 Å². The fourth-order valence-corrected chi connectivity index (χ4v) is 4.85. The molecule has 0 aromatic carbocycles. The van der Waals surface area contributed by atoms with Gasteiger partial charge in [0.1, 0.15) is 0 Å². The van der Waals surface area contributed by atoms with Gasteiger partial charge in [0, 0.05) is 17.4 Å². The molecule has 0 spiro atoms. The van der Waals surface area contributed by atoms with Crippen LogP contribution in [0.5, 0.6) is 0 Å². The largest absolute Gasteiger partial charge is 0.394 e. The molecule has 1 rings (SSSR count). The number of unbranched alkanes of at least 4 members (excludes halogenated alkanes) is 1. The Morgan fingerprint density at radius 2 is 2.28 bits per heavy atom. The zero-order valence-corrected chi connectivity index (χ0v) is 12.4. The van der Waals surface area contributed by atoms with Crippen LogP contribution in [-0.4, -0.2) is 45.9 Å². The van der Waals surface area contributed by atoms with E-state index in [0.29, 0.717) is 6.42 Å². The maximum absolute atomic E-state index is 11.6. The van der Waals surface area contributed by atoms with E-state index in [2.05, 4.69) is 5.32 Å².